The fourth-order valence-electron chi connectivity index (χ4n) is 4.19. The molecule has 2 aliphatic heterocycles. The van der Waals surface area contributed by atoms with Gasteiger partial charge in [0, 0.05) is 55.3 Å². The molecule has 5 rings (SSSR count). The van der Waals surface area contributed by atoms with Gasteiger partial charge in [0.05, 0.1) is 5.69 Å². The number of nitrogens with one attached hydrogen (secondary N) is 1. The van der Waals surface area contributed by atoms with Gasteiger partial charge in [0.25, 0.3) is 5.91 Å². The van der Waals surface area contributed by atoms with Crippen molar-refractivity contribution in [3.05, 3.63) is 66.7 Å². The number of likely N-dealkylation sites (tertiary alicyclic amines) is 1. The average Bonchev–Trinajstić information content (AvgIpc) is 3.52. The molecule has 4 heterocycles. The van der Waals surface area contributed by atoms with E-state index in [0.29, 0.717) is 19.7 Å². The summed E-state index contributed by atoms with van der Waals surface area (Å²) in [4.78, 5) is 28.6. The molecule has 2 aliphatic rings. The molecule has 3 aromatic rings. The number of amides is 1. The fourth-order valence-corrected chi connectivity index (χ4v) is 4.19. The van der Waals surface area contributed by atoms with Gasteiger partial charge in [-0.15, -0.1) is 0 Å². The second-order valence-corrected chi connectivity index (χ2v) is 8.00. The second-order valence-electron chi connectivity index (χ2n) is 8.00. The lowest BCUT2D eigenvalue weighted by Crippen LogP contribution is -2.37. The van der Waals surface area contributed by atoms with E-state index in [9.17, 15) is 4.79 Å². The molecule has 7 nitrogen and oxygen atoms in total. The maximum Gasteiger partial charge on any atom is 0.251 e. The number of para-hydroxylation sites is 1. The molecule has 0 bridgehead atoms. The van der Waals surface area contributed by atoms with E-state index in [2.05, 4.69) is 10.3 Å². The van der Waals surface area contributed by atoms with Crippen LogP contribution < -0.4 is 5.32 Å². The highest BCUT2D eigenvalue weighted by atomic mass is 16.5. The fraction of sp³-hybridized carbons (Fsp3) is 0.333. The molecule has 0 unspecified atom stereocenters. The topological polar surface area (TPSA) is 80.2 Å². The van der Waals surface area contributed by atoms with Gasteiger partial charge < -0.3 is 15.0 Å². The van der Waals surface area contributed by atoms with Gasteiger partial charge in [-0.05, 0) is 43.5 Å². The second kappa shape index (κ2) is 8.81. The minimum Gasteiger partial charge on any atom is -0.368 e. The van der Waals surface area contributed by atoms with Crippen molar-refractivity contribution in [2.45, 2.75) is 31.3 Å². The molecule has 158 valence electrons. The van der Waals surface area contributed by atoms with Crippen LogP contribution in [0.2, 0.25) is 0 Å². The van der Waals surface area contributed by atoms with Crippen LogP contribution in [0.5, 0.6) is 0 Å². The molecule has 2 aromatic heterocycles. The van der Waals surface area contributed by atoms with E-state index in [1.165, 1.54) is 0 Å². The van der Waals surface area contributed by atoms with Crippen molar-refractivity contribution in [1.29, 1.82) is 0 Å². The van der Waals surface area contributed by atoms with Gasteiger partial charge in [-0.25, -0.2) is 9.97 Å². The summed E-state index contributed by atoms with van der Waals surface area (Å²) in [6.07, 6.45) is 5.90. The van der Waals surface area contributed by atoms with Crippen molar-refractivity contribution in [3.63, 3.8) is 0 Å². The minimum atomic E-state index is -0.281. The Balaban J connectivity index is 1.42. The van der Waals surface area contributed by atoms with Crippen LogP contribution in [-0.4, -0.2) is 51.6 Å². The number of nitrogens with zero attached hydrogens (tertiary/aromatic N) is 4. The van der Waals surface area contributed by atoms with Crippen LogP contribution in [0.3, 0.4) is 0 Å². The molecule has 2 fully saturated rings. The Bertz CT molecular complexity index is 1040. The molecule has 31 heavy (non-hydrogen) atoms. The summed E-state index contributed by atoms with van der Waals surface area (Å²) in [6.45, 7) is 2.02. The molecule has 0 aliphatic carbocycles. The number of rotatable bonds is 5. The number of hydrogen-bond acceptors (Lipinski definition) is 6. The van der Waals surface area contributed by atoms with Crippen LogP contribution in [0.4, 0.5) is 11.5 Å². The van der Waals surface area contributed by atoms with Crippen molar-refractivity contribution in [1.82, 2.24) is 19.9 Å². The van der Waals surface area contributed by atoms with Crippen molar-refractivity contribution < 1.29 is 9.53 Å². The first kappa shape index (κ1) is 19.6. The molecule has 0 radical (unpaired) electrons. The summed E-state index contributed by atoms with van der Waals surface area (Å²) >= 11 is 0. The van der Waals surface area contributed by atoms with E-state index in [1.54, 1.807) is 12.4 Å². The van der Waals surface area contributed by atoms with Gasteiger partial charge in [-0.3, -0.25) is 9.78 Å². The summed E-state index contributed by atoms with van der Waals surface area (Å²) in [7, 11) is 0. The smallest absolute Gasteiger partial charge is 0.251 e. The largest absolute Gasteiger partial charge is 0.368 e. The molecule has 1 aromatic carbocycles. The van der Waals surface area contributed by atoms with Crippen molar-refractivity contribution in [2.75, 3.05) is 25.0 Å². The SMILES string of the molecule is O=C([C@@H]1CCCO1)N1CC[C@H](c2nc(Nc3ccccc3)cc(-c3cccnc3)n2)C1. The molecule has 1 amide bonds. The maximum atomic E-state index is 12.8. The zero-order valence-corrected chi connectivity index (χ0v) is 17.3. The first-order valence-corrected chi connectivity index (χ1v) is 10.8. The number of carbonyl (C=O) groups is 1. The van der Waals surface area contributed by atoms with Crippen LogP contribution in [0.15, 0.2) is 60.9 Å². The molecular weight excluding hydrogens is 390 g/mol. The Morgan fingerprint density at radius 2 is 2.00 bits per heavy atom. The summed E-state index contributed by atoms with van der Waals surface area (Å²) < 4.78 is 5.59. The average molecular weight is 415 g/mol. The predicted octanol–water partition coefficient (Wildman–Crippen LogP) is 3.78. The maximum absolute atomic E-state index is 12.8. The Kier molecular flexibility index (Phi) is 5.58. The molecular formula is C24H25N5O2. The number of aromatic nitrogens is 3. The quantitative estimate of drug-likeness (QED) is 0.683. The van der Waals surface area contributed by atoms with Crippen LogP contribution in [-0.2, 0) is 9.53 Å². The molecule has 2 atom stereocenters. The Morgan fingerprint density at radius 1 is 1.10 bits per heavy atom. The van der Waals surface area contributed by atoms with E-state index in [1.807, 2.05) is 53.4 Å². The number of ether oxygens (including phenoxy) is 1. The third-order valence-corrected chi connectivity index (χ3v) is 5.82. The zero-order valence-electron chi connectivity index (χ0n) is 17.3. The standard InChI is InChI=1S/C24H25N5O2/c30-24(21-9-5-13-31-21)29-12-10-18(16-29)23-27-20(17-6-4-11-25-15-17)14-22(28-23)26-19-7-2-1-3-8-19/h1-4,6-8,11,14-15,18,21H,5,9-10,12-13,16H2,(H,26,27,28)/t18-,21-/m0/s1. The zero-order chi connectivity index (χ0) is 21.0. The normalized spacial score (nSPS) is 20.7. The summed E-state index contributed by atoms with van der Waals surface area (Å²) in [5.74, 6) is 1.69. The lowest BCUT2D eigenvalue weighted by atomic mass is 10.1. The Labute approximate surface area is 181 Å². The van der Waals surface area contributed by atoms with Crippen LogP contribution in [0, 0.1) is 0 Å². The molecule has 7 heteroatoms. The van der Waals surface area contributed by atoms with E-state index >= 15 is 0 Å². The molecule has 0 saturated carbocycles. The lowest BCUT2D eigenvalue weighted by Gasteiger charge is -2.20. The highest BCUT2D eigenvalue weighted by Gasteiger charge is 2.34. The van der Waals surface area contributed by atoms with Gasteiger partial charge >= 0.3 is 0 Å². The number of benzene rings is 1. The van der Waals surface area contributed by atoms with Gasteiger partial charge in [0.2, 0.25) is 0 Å². The highest BCUT2D eigenvalue weighted by molar-refractivity contribution is 5.81. The highest BCUT2D eigenvalue weighted by Crippen LogP contribution is 2.30. The first-order valence-electron chi connectivity index (χ1n) is 10.8. The molecule has 2 saturated heterocycles. The minimum absolute atomic E-state index is 0.0956. The van der Waals surface area contributed by atoms with E-state index in [-0.39, 0.29) is 17.9 Å². The number of hydrogen-bond donors (Lipinski definition) is 1. The summed E-state index contributed by atoms with van der Waals surface area (Å²) in [5.41, 5.74) is 2.72. The van der Waals surface area contributed by atoms with E-state index in [0.717, 1.165) is 47.8 Å². The van der Waals surface area contributed by atoms with Crippen molar-refractivity contribution in [3.8, 4) is 11.3 Å². The first-order chi connectivity index (χ1) is 15.3. The monoisotopic (exact) mass is 415 g/mol. The van der Waals surface area contributed by atoms with Crippen LogP contribution >= 0.6 is 0 Å². The van der Waals surface area contributed by atoms with Gasteiger partial charge in [-0.2, -0.15) is 0 Å². The van der Waals surface area contributed by atoms with E-state index in [4.69, 9.17) is 14.7 Å². The Hall–Kier alpha value is -3.32. The summed E-state index contributed by atoms with van der Waals surface area (Å²) in [6, 6.07) is 15.8. The number of carbonyl (C=O) groups excluding carboxylic acids is 1. The van der Waals surface area contributed by atoms with Gasteiger partial charge in [0.15, 0.2) is 0 Å². The van der Waals surface area contributed by atoms with Crippen LogP contribution in [0.1, 0.15) is 31.0 Å². The van der Waals surface area contributed by atoms with Crippen molar-refractivity contribution in [2.24, 2.45) is 0 Å². The molecule has 1 N–H and O–H groups in total. The summed E-state index contributed by atoms with van der Waals surface area (Å²) in [5, 5.41) is 3.38. The third kappa shape index (κ3) is 4.41. The van der Waals surface area contributed by atoms with Gasteiger partial charge in [0.1, 0.15) is 17.7 Å². The number of anilines is 2. The lowest BCUT2D eigenvalue weighted by molar-refractivity contribution is -0.139. The van der Waals surface area contributed by atoms with Gasteiger partial charge in [-0.1, -0.05) is 18.2 Å². The third-order valence-electron chi connectivity index (χ3n) is 5.82. The van der Waals surface area contributed by atoms with Crippen LogP contribution in [0.25, 0.3) is 11.3 Å². The molecule has 0 spiro atoms. The Morgan fingerprint density at radius 3 is 2.77 bits per heavy atom. The van der Waals surface area contributed by atoms with E-state index < -0.39 is 0 Å². The number of pyridine rings is 1. The predicted molar refractivity (Wildman–Crippen MR) is 118 cm³/mol. The van der Waals surface area contributed by atoms with Crippen molar-refractivity contribution >= 4 is 17.4 Å².